The summed E-state index contributed by atoms with van der Waals surface area (Å²) in [6.45, 7) is 2.86. The Balaban J connectivity index is 0.00000267. The van der Waals surface area contributed by atoms with Crippen LogP contribution in [0, 0.1) is 6.92 Å². The number of carboxylic acids is 1. The molecule has 4 aromatic carbocycles. The van der Waals surface area contributed by atoms with Gasteiger partial charge in [0.2, 0.25) is 0 Å². The quantitative estimate of drug-likeness (QED) is 0.295. The molecule has 0 aliphatic carbocycles. The molecule has 7 heteroatoms. The predicted molar refractivity (Wildman–Crippen MR) is 152 cm³/mol. The van der Waals surface area contributed by atoms with Crippen molar-refractivity contribution in [2.75, 3.05) is 12.0 Å². The average molecular weight is 522 g/mol. The van der Waals surface area contributed by atoms with Gasteiger partial charge in [0.05, 0.1) is 13.2 Å². The number of carboxylic acid groups (broad SMARTS) is 1. The predicted octanol–water partition coefficient (Wildman–Crippen LogP) is 3.58. The number of carbonyl (C=O) groups excluding carboxylic acids is 1. The zero-order valence-corrected chi connectivity index (χ0v) is 22.9. The van der Waals surface area contributed by atoms with Crippen molar-refractivity contribution in [1.29, 1.82) is 0 Å². The van der Waals surface area contributed by atoms with E-state index in [0.717, 1.165) is 27.8 Å². The van der Waals surface area contributed by atoms with Gasteiger partial charge in [0, 0.05) is 5.56 Å². The van der Waals surface area contributed by atoms with E-state index in [1.54, 1.807) is 17.8 Å². The first-order valence-corrected chi connectivity index (χ1v) is 13.6. The van der Waals surface area contributed by atoms with Gasteiger partial charge in [-0.05, 0) is 82.1 Å². The van der Waals surface area contributed by atoms with Gasteiger partial charge in [-0.2, -0.15) is 11.8 Å². The van der Waals surface area contributed by atoms with Gasteiger partial charge in [-0.3, -0.25) is 4.79 Å². The molecule has 1 unspecified atom stereocenters. The maximum Gasteiger partial charge on any atom is 1.00 e. The number of ether oxygens (including phenoxy) is 1. The monoisotopic (exact) mass is 521 g/mol. The molecule has 1 amide bonds. The van der Waals surface area contributed by atoms with E-state index in [4.69, 9.17) is 4.74 Å². The zero-order valence-electron chi connectivity index (χ0n) is 23.1. The number of nitrogens with one attached hydrogen (secondary N) is 1. The second kappa shape index (κ2) is 14.2. The van der Waals surface area contributed by atoms with E-state index in [-0.39, 0.29) is 20.3 Å². The fraction of sp³-hybridized carbons (Fsp3) is 0.226. The summed E-state index contributed by atoms with van der Waals surface area (Å²) in [5.41, 5.74) is 5.20. The van der Waals surface area contributed by atoms with E-state index >= 15 is 0 Å². The standard InChI is InChI=1S/C31H31NO4S.Li.H/c1-21-7-3-6-10-26(21)28-18-23(12-14-27(28)30(33)32-29(31(34)35)15-16-37-2)20-36-19-22-11-13-24-8-4-5-9-25(24)17-22;;/h3-14,17-18,29H,15-16,19-20H2,1-2H3,(H,32,33)(H,34,35);;/q;+1;-1. The van der Waals surface area contributed by atoms with Crippen molar-refractivity contribution in [3.05, 3.63) is 107 Å². The topological polar surface area (TPSA) is 75.6 Å². The van der Waals surface area contributed by atoms with E-state index in [2.05, 4.69) is 35.6 Å². The van der Waals surface area contributed by atoms with E-state index in [0.29, 0.717) is 31.0 Å². The van der Waals surface area contributed by atoms with Crippen LogP contribution in [0.25, 0.3) is 21.9 Å². The number of aryl methyl sites for hydroxylation is 1. The molecule has 0 aromatic heterocycles. The SMILES string of the molecule is CSCCC(NC(=O)c1ccc(COCc2ccc3ccccc3c2)cc1-c1ccccc1C)C(=O)O.[H-].[Li+]. The third-order valence-corrected chi connectivity index (χ3v) is 6.97. The van der Waals surface area contributed by atoms with Crippen molar-refractivity contribution in [2.24, 2.45) is 0 Å². The van der Waals surface area contributed by atoms with Gasteiger partial charge >= 0.3 is 24.8 Å². The first-order chi connectivity index (χ1) is 18.0. The summed E-state index contributed by atoms with van der Waals surface area (Å²) in [4.78, 5) is 24.9. The summed E-state index contributed by atoms with van der Waals surface area (Å²) in [5, 5.41) is 14.7. The summed E-state index contributed by atoms with van der Waals surface area (Å²) in [5.74, 6) is -0.774. The Bertz CT molecular complexity index is 1410. The minimum absolute atomic E-state index is 0. The average Bonchev–Trinajstić information content (AvgIpc) is 2.91. The molecule has 0 saturated heterocycles. The molecule has 5 nitrogen and oxygen atoms in total. The molecule has 192 valence electrons. The van der Waals surface area contributed by atoms with Gasteiger partial charge in [-0.25, -0.2) is 4.79 Å². The summed E-state index contributed by atoms with van der Waals surface area (Å²) in [7, 11) is 0. The first-order valence-electron chi connectivity index (χ1n) is 12.2. The Morgan fingerprint density at radius 3 is 2.26 bits per heavy atom. The largest absolute Gasteiger partial charge is 1.00 e. The van der Waals surface area contributed by atoms with Gasteiger partial charge < -0.3 is 16.6 Å². The van der Waals surface area contributed by atoms with Crippen LogP contribution in [0.2, 0.25) is 0 Å². The Morgan fingerprint density at radius 1 is 0.895 bits per heavy atom. The molecular formula is C31H32LiNO4S. The Kier molecular flexibility index (Phi) is 11.1. The van der Waals surface area contributed by atoms with Crippen LogP contribution in [-0.2, 0) is 22.7 Å². The third-order valence-electron chi connectivity index (χ3n) is 6.33. The number of carbonyl (C=O) groups is 2. The smallest absolute Gasteiger partial charge is 1.00 e. The van der Waals surface area contributed by atoms with Crippen LogP contribution in [-0.4, -0.2) is 35.0 Å². The number of hydrogen-bond acceptors (Lipinski definition) is 4. The van der Waals surface area contributed by atoms with Gasteiger partial charge in [0.25, 0.3) is 5.91 Å². The van der Waals surface area contributed by atoms with Crippen LogP contribution < -0.4 is 24.2 Å². The number of amides is 1. The van der Waals surface area contributed by atoms with Crippen molar-refractivity contribution in [3.8, 4) is 11.1 Å². The van der Waals surface area contributed by atoms with Crippen molar-refractivity contribution in [2.45, 2.75) is 32.6 Å². The minimum Gasteiger partial charge on any atom is -1.00 e. The van der Waals surface area contributed by atoms with Gasteiger partial charge in [0.1, 0.15) is 6.04 Å². The van der Waals surface area contributed by atoms with Crippen molar-refractivity contribution in [3.63, 3.8) is 0 Å². The molecule has 0 aliphatic rings. The Morgan fingerprint density at radius 2 is 1.55 bits per heavy atom. The van der Waals surface area contributed by atoms with Crippen molar-refractivity contribution >= 4 is 34.4 Å². The van der Waals surface area contributed by atoms with Crippen LogP contribution in [0.5, 0.6) is 0 Å². The summed E-state index contributed by atoms with van der Waals surface area (Å²) >= 11 is 1.55. The fourth-order valence-corrected chi connectivity index (χ4v) is 4.79. The molecule has 1 atom stereocenters. The van der Waals surface area contributed by atoms with Gasteiger partial charge in [-0.15, -0.1) is 0 Å². The van der Waals surface area contributed by atoms with Crippen molar-refractivity contribution < 1.29 is 39.7 Å². The van der Waals surface area contributed by atoms with Crippen LogP contribution in [0.15, 0.2) is 84.9 Å². The van der Waals surface area contributed by atoms with Crippen LogP contribution in [0.3, 0.4) is 0 Å². The normalized spacial score (nSPS) is 11.5. The fourth-order valence-electron chi connectivity index (χ4n) is 4.32. The van der Waals surface area contributed by atoms with E-state index in [1.807, 2.05) is 61.7 Å². The molecule has 0 heterocycles. The van der Waals surface area contributed by atoms with E-state index < -0.39 is 17.9 Å². The molecule has 0 saturated carbocycles. The van der Waals surface area contributed by atoms with E-state index in [1.165, 1.54) is 10.8 Å². The van der Waals surface area contributed by atoms with E-state index in [9.17, 15) is 14.7 Å². The van der Waals surface area contributed by atoms with Gasteiger partial charge in [-0.1, -0.05) is 66.7 Å². The molecule has 0 fully saturated rings. The maximum atomic E-state index is 13.2. The number of thioether (sulfide) groups is 1. The van der Waals surface area contributed by atoms with Crippen LogP contribution in [0.1, 0.15) is 34.9 Å². The molecular weight excluding hydrogens is 489 g/mol. The second-order valence-electron chi connectivity index (χ2n) is 9.01. The molecule has 0 spiro atoms. The van der Waals surface area contributed by atoms with Crippen LogP contribution in [0.4, 0.5) is 0 Å². The second-order valence-corrected chi connectivity index (χ2v) is 10.0. The summed E-state index contributed by atoms with van der Waals surface area (Å²) in [6, 6.07) is 27.1. The van der Waals surface area contributed by atoms with Gasteiger partial charge in [0.15, 0.2) is 0 Å². The van der Waals surface area contributed by atoms with Crippen LogP contribution >= 0.6 is 11.8 Å². The zero-order chi connectivity index (χ0) is 26.2. The number of rotatable bonds is 11. The molecule has 0 radical (unpaired) electrons. The number of fused-ring (bicyclic) bond motifs is 1. The summed E-state index contributed by atoms with van der Waals surface area (Å²) in [6.07, 6.45) is 2.28. The third kappa shape index (κ3) is 7.52. The molecule has 38 heavy (non-hydrogen) atoms. The number of aliphatic carboxylic acids is 1. The Hall–Kier alpha value is -3.01. The number of benzene rings is 4. The molecule has 2 N–H and O–H groups in total. The maximum absolute atomic E-state index is 13.2. The number of hydrogen-bond donors (Lipinski definition) is 2. The first kappa shape index (κ1) is 29.5. The summed E-state index contributed by atoms with van der Waals surface area (Å²) < 4.78 is 6.04. The molecule has 4 aromatic rings. The molecule has 0 aliphatic heterocycles. The molecule has 4 rings (SSSR count). The Labute approximate surface area is 241 Å². The van der Waals surface area contributed by atoms with Crippen molar-refractivity contribution in [1.82, 2.24) is 5.32 Å². The minimum atomic E-state index is -1.03. The molecule has 0 bridgehead atoms.